The van der Waals surface area contributed by atoms with Crippen molar-refractivity contribution in [2.24, 2.45) is 46.3 Å². The average Bonchev–Trinajstić information content (AvgIpc) is 1.61. The maximum atomic E-state index is 14.2. The molecule has 2 aromatic carbocycles. The number of carbonyl (C=O) groups excluding carboxylic acids is 6. The van der Waals surface area contributed by atoms with Crippen molar-refractivity contribution in [1.29, 1.82) is 0 Å². The molecule has 3 saturated carbocycles. The third-order valence-corrected chi connectivity index (χ3v) is 20.1. The normalized spacial score (nSPS) is 30.1. The summed E-state index contributed by atoms with van der Waals surface area (Å²) in [5.41, 5.74) is 0.934. The van der Waals surface area contributed by atoms with E-state index in [9.17, 15) is 46.3 Å². The van der Waals surface area contributed by atoms with Gasteiger partial charge in [0.1, 0.15) is 58.9 Å². The predicted octanol–water partition coefficient (Wildman–Crippen LogP) is 11.7. The van der Waals surface area contributed by atoms with E-state index in [2.05, 4.69) is 32.7 Å². The zero-order valence-electron chi connectivity index (χ0n) is 55.0. The molecule has 4 bridgehead atoms. The van der Waals surface area contributed by atoms with E-state index in [0.29, 0.717) is 76.9 Å². The fourth-order valence-electron chi connectivity index (χ4n) is 15.1. The fraction of sp³-hybridized carbons (Fsp3) is 0.676. The maximum Gasteiger partial charge on any atom is 0.408 e. The summed E-state index contributed by atoms with van der Waals surface area (Å²) in [5, 5.41) is 5.71. The molecule has 94 heavy (non-hydrogen) atoms. The molecule has 5 fully saturated rings. The Labute approximate surface area is 571 Å². The Bertz CT molecular complexity index is 3240. The molecule has 26 heteroatoms. The van der Waals surface area contributed by atoms with E-state index in [1.165, 1.54) is 40.5 Å². The van der Waals surface area contributed by atoms with Crippen LogP contribution in [0.5, 0.6) is 23.3 Å². The van der Waals surface area contributed by atoms with E-state index < -0.39 is 102 Å². The van der Waals surface area contributed by atoms with Gasteiger partial charge in [-0.25, -0.2) is 42.1 Å². The minimum Gasteiger partial charge on any atom is -0.540 e. The average molecular weight is 1390 g/mol. The quantitative estimate of drug-likeness (QED) is 0.123. The fourth-order valence-corrected chi connectivity index (χ4v) is 15.1. The second-order valence-electron chi connectivity index (χ2n) is 28.5. The molecule has 2 N–H and O–H groups in total. The standard InChI is InChI=1S/C34H43F2N4O6.C34H45F2N4O6.2V/c1-5-20-26(17-41)40-16-28(20)45-30-24(37-23-12-11-19(44-32(35)36)15-25(23)38-30)10-8-6-7-9-21-22-13-18(22)14-27(21)46-33(43)39-29(31(40)42)34(2,3)4;1-6-22-26(19-41)40-18-27(22)45-29-24(37-23-15-14-21(44-31(35)36)17-25(23)38-29)13-9-7-8-11-20-12-10-16-34(20,5)46-32(43)39-28(30(40)42)33(2,3)4;;/h11-12,15,18,20-22,26-29,32H,5-10,13-14,16H2,1-4H3,(H,39,43);14-15,17,20,22,26-28,31H,6-13,16,18H2,1-5H3,(H,39,43);;/q2*-1;;/t18?,20-,21+,22?,26+,27+,28-,29+;20-,22+,26-,27+,28-,34-;;/m01../s1. The summed E-state index contributed by atoms with van der Waals surface area (Å²) in [6, 6.07) is 5.11. The third-order valence-electron chi connectivity index (χ3n) is 20.1. The van der Waals surface area contributed by atoms with Gasteiger partial charge in [0, 0.05) is 49.2 Å². The molecule has 4 aromatic rings. The van der Waals surface area contributed by atoms with E-state index in [4.69, 9.17) is 38.9 Å². The number of alkyl carbamates (subject to hydrolysis) is 2. The number of halogens is 4. The maximum absolute atomic E-state index is 14.2. The van der Waals surface area contributed by atoms with Crippen molar-refractivity contribution >= 4 is 58.6 Å². The van der Waals surface area contributed by atoms with Gasteiger partial charge in [-0.2, -0.15) is 17.6 Å². The molecule has 4 aliphatic heterocycles. The van der Waals surface area contributed by atoms with Crippen LogP contribution in [0.4, 0.5) is 27.2 Å². The van der Waals surface area contributed by atoms with Crippen molar-refractivity contribution in [2.45, 2.75) is 233 Å². The number of nitrogens with one attached hydrogen (secondary N) is 2. The first-order valence-electron chi connectivity index (χ1n) is 33.0. The minimum absolute atomic E-state index is 0. The van der Waals surface area contributed by atoms with Gasteiger partial charge >= 0.3 is 25.4 Å². The third kappa shape index (κ3) is 16.9. The molecule has 14 atom stereocenters. The van der Waals surface area contributed by atoms with Crippen LogP contribution in [0.1, 0.15) is 170 Å². The monoisotopic (exact) mass is 1390 g/mol. The molecule has 7 aliphatic rings. The Balaban J connectivity index is 0.000000236. The number of benzene rings is 2. The summed E-state index contributed by atoms with van der Waals surface area (Å²) >= 11 is 0. The van der Waals surface area contributed by atoms with E-state index in [1.54, 1.807) is 12.1 Å². The number of carbonyl (C=O) groups is 4. The zero-order chi connectivity index (χ0) is 66.0. The first kappa shape index (κ1) is 73.8. The van der Waals surface area contributed by atoms with E-state index >= 15 is 0 Å². The number of rotatable bonds is 8. The summed E-state index contributed by atoms with van der Waals surface area (Å²) in [6.07, 6.45) is 15.5. The number of ether oxygens (including phenoxy) is 6. The predicted molar refractivity (Wildman–Crippen MR) is 330 cm³/mol. The van der Waals surface area contributed by atoms with Crippen molar-refractivity contribution in [1.82, 2.24) is 40.4 Å². The van der Waals surface area contributed by atoms with Crippen LogP contribution in [0.3, 0.4) is 0 Å². The summed E-state index contributed by atoms with van der Waals surface area (Å²) < 4.78 is 86.0. The van der Waals surface area contributed by atoms with Gasteiger partial charge in [0.2, 0.25) is 23.6 Å². The molecule has 2 unspecified atom stereocenters. The summed E-state index contributed by atoms with van der Waals surface area (Å²) in [5.74, 6) is 0.409. The van der Waals surface area contributed by atoms with Gasteiger partial charge in [0.05, 0.1) is 35.2 Å². The second kappa shape index (κ2) is 31.0. The SMILES string of the molecule is CC[C@@H]1[C@@H]2CN(C(=O)[C@H](C(C)(C)C)NC(=O)O[C@@H]3CC4CC4[C@H]3CCCCCc3nc4ccc(OC(F)F)cc4nc3O2)[C@@H]1[C-]=O.CC[C@@H]1[C@@H]2CN(C(=O)[C@H](C(C)(C)C)NC(=O)O[C@]3(C)CCC[C@H]3CCCCCc3nc4ccc(OC(F)F)cc4nc3O2)[C@@H]1[C-]=O.[V].[V]. The Morgan fingerprint density at radius 1 is 0.596 bits per heavy atom. The van der Waals surface area contributed by atoms with Crippen LogP contribution < -0.4 is 29.6 Å². The van der Waals surface area contributed by atoms with Gasteiger partial charge in [0.15, 0.2) is 0 Å². The largest absolute Gasteiger partial charge is 0.540 e. The van der Waals surface area contributed by atoms with Gasteiger partial charge < -0.3 is 58.4 Å². The number of aromatic nitrogens is 4. The first-order chi connectivity index (χ1) is 43.8. The molecule has 512 valence electrons. The van der Waals surface area contributed by atoms with E-state index in [1.807, 2.05) is 62.3 Å². The number of alkyl halides is 4. The first-order valence-corrected chi connectivity index (χ1v) is 33.0. The number of amides is 4. The van der Waals surface area contributed by atoms with Crippen molar-refractivity contribution in [2.75, 3.05) is 13.1 Å². The van der Waals surface area contributed by atoms with Crippen LogP contribution in [0, 0.1) is 46.3 Å². The Morgan fingerprint density at radius 3 is 1.52 bits per heavy atom. The number of aryl methyl sites for hydroxylation is 2. The van der Waals surface area contributed by atoms with Gasteiger partial charge in [-0.05, 0) is 148 Å². The van der Waals surface area contributed by atoms with E-state index in [0.717, 1.165) is 77.0 Å². The van der Waals surface area contributed by atoms with E-state index in [-0.39, 0.29) is 85.5 Å². The van der Waals surface area contributed by atoms with Crippen LogP contribution in [0.15, 0.2) is 36.4 Å². The van der Waals surface area contributed by atoms with Crippen molar-refractivity contribution in [3.63, 3.8) is 0 Å². The molecule has 4 amide bonds. The van der Waals surface area contributed by atoms with Gasteiger partial charge in [-0.15, -0.1) is 0 Å². The number of fused-ring (bicyclic) bond motifs is 12. The summed E-state index contributed by atoms with van der Waals surface area (Å²) in [6.45, 7) is 11.1. The second-order valence-corrected chi connectivity index (χ2v) is 28.5. The number of hydrogen-bond acceptors (Lipinski definition) is 16. The van der Waals surface area contributed by atoms with Crippen LogP contribution in [-0.2, 0) is 78.6 Å². The Kier molecular flexibility index (Phi) is 24.4. The van der Waals surface area contributed by atoms with Crippen molar-refractivity contribution in [3.8, 4) is 23.3 Å². The smallest absolute Gasteiger partial charge is 0.408 e. The van der Waals surface area contributed by atoms with Crippen LogP contribution in [0.25, 0.3) is 22.1 Å². The number of nitrogens with zero attached hydrogens (tertiary/aromatic N) is 6. The molecule has 11 rings (SSSR count). The van der Waals surface area contributed by atoms with Gasteiger partial charge in [-0.1, -0.05) is 106 Å². The summed E-state index contributed by atoms with van der Waals surface area (Å²) in [7, 11) is 0. The van der Waals surface area contributed by atoms with Gasteiger partial charge in [0.25, 0.3) is 0 Å². The molecule has 6 heterocycles. The number of hydrogen-bond donors (Lipinski definition) is 2. The van der Waals surface area contributed by atoms with Crippen LogP contribution in [0.2, 0.25) is 0 Å². The Morgan fingerprint density at radius 2 is 1.06 bits per heavy atom. The molecule has 20 nitrogen and oxygen atoms in total. The van der Waals surface area contributed by atoms with Crippen LogP contribution in [-0.4, -0.2) is 141 Å². The Hall–Kier alpha value is -5.97. The molecular weight excluding hydrogens is 1300 g/mol. The minimum atomic E-state index is -2.99. The molecule has 0 spiro atoms. The summed E-state index contributed by atoms with van der Waals surface area (Å²) in [4.78, 5) is 102. The molecule has 2 aromatic heterocycles. The van der Waals surface area contributed by atoms with Gasteiger partial charge in [-0.3, -0.25) is 9.59 Å². The van der Waals surface area contributed by atoms with Crippen LogP contribution >= 0.6 is 0 Å². The molecule has 3 aliphatic carbocycles. The molecule has 2 radical (unpaired) electrons. The van der Waals surface area contributed by atoms with Crippen molar-refractivity contribution < 1.29 is 112 Å². The topological polar surface area (TPSA) is 240 Å². The molecule has 2 saturated heterocycles. The zero-order valence-corrected chi connectivity index (χ0v) is 57.8. The van der Waals surface area contributed by atoms with Crippen molar-refractivity contribution in [3.05, 3.63) is 47.8 Å². The molecular formula is C68H88F4N8O12V2-2.